The SMILES string of the molecule is CC/C=C\C/C=C\C/C=C\C/C=C\C/C=C\C/C=C\C/C=C\C/C=C\C/C=C\C/C=C\C/C=C\CCCCCCCCCC(=O)NC(COC1OC(CO)C(O)C(O)C1O)C(O)/C=C/CCCCCCCCCCCCCCCCCCCCCCC. The number of allylic oxidation sites excluding steroid dienone is 23. The first-order valence-electron chi connectivity index (χ1n) is 35.6. The number of hydrogen-bond donors (Lipinski definition) is 6. The van der Waals surface area contributed by atoms with Gasteiger partial charge in [-0.15, -0.1) is 0 Å². The van der Waals surface area contributed by atoms with E-state index in [1.807, 2.05) is 6.08 Å². The standard InChI is InChI=1S/C78H131NO8/c1-3-5-7-9-11-13-15-17-19-21-23-25-27-28-29-30-31-32-33-34-35-36-37-38-39-40-41-42-43-44-46-48-50-52-54-56-58-60-62-64-66-68-74(82)79-71(70-86-78-77(85)76(84)75(83)73(69-80)87-78)72(81)67-65-63-61-59-57-55-53-51-49-47-45-26-24-22-20-18-16-14-12-10-8-6-4-2/h5,7,11,13,17,19,23,25,28-29,31-32,34-35,37-38,40-41,43-44,48,50,65,67,71-73,75-78,80-81,83-85H,3-4,6,8-10,12,14-16,18,20-22,24,26-27,30,33,36,39,42,45-47,49,51-64,66,68-70H2,1-2H3,(H,79,82)/b7-5-,13-11-,19-17-,25-23-,29-28-,32-31-,35-34-,38-37-,41-40-,44-43-,50-48-,67-65+. The Labute approximate surface area is 533 Å². The van der Waals surface area contributed by atoms with Crippen molar-refractivity contribution in [2.75, 3.05) is 13.2 Å². The highest BCUT2D eigenvalue weighted by atomic mass is 16.7. The molecule has 1 saturated heterocycles. The summed E-state index contributed by atoms with van der Waals surface area (Å²) in [6.45, 7) is 3.67. The van der Waals surface area contributed by atoms with Crippen molar-refractivity contribution in [1.82, 2.24) is 5.32 Å². The molecule has 1 fully saturated rings. The van der Waals surface area contributed by atoms with Gasteiger partial charge in [-0.25, -0.2) is 0 Å². The molecule has 0 spiro atoms. The van der Waals surface area contributed by atoms with Crippen LogP contribution in [0, 0.1) is 0 Å². The smallest absolute Gasteiger partial charge is 0.220 e. The van der Waals surface area contributed by atoms with Crippen molar-refractivity contribution < 1.29 is 39.8 Å². The Morgan fingerprint density at radius 3 is 1.06 bits per heavy atom. The van der Waals surface area contributed by atoms with Crippen LogP contribution in [0.3, 0.4) is 0 Å². The Morgan fingerprint density at radius 1 is 0.402 bits per heavy atom. The van der Waals surface area contributed by atoms with Crippen LogP contribution in [0.2, 0.25) is 0 Å². The summed E-state index contributed by atoms with van der Waals surface area (Å²) >= 11 is 0. The number of carbonyl (C=O) groups excluding carboxylic acids is 1. The molecule has 0 aromatic carbocycles. The van der Waals surface area contributed by atoms with Crippen LogP contribution in [-0.4, -0.2) is 87.5 Å². The maximum absolute atomic E-state index is 13.1. The lowest BCUT2D eigenvalue weighted by Crippen LogP contribution is -2.60. The summed E-state index contributed by atoms with van der Waals surface area (Å²) in [5.41, 5.74) is 0. The Balaban J connectivity index is 2.17. The summed E-state index contributed by atoms with van der Waals surface area (Å²) in [7, 11) is 0. The summed E-state index contributed by atoms with van der Waals surface area (Å²) in [5, 5.41) is 54.8. The van der Waals surface area contributed by atoms with Crippen LogP contribution in [-0.2, 0) is 14.3 Å². The van der Waals surface area contributed by atoms with Gasteiger partial charge in [0.05, 0.1) is 25.4 Å². The van der Waals surface area contributed by atoms with Crippen molar-refractivity contribution in [3.05, 3.63) is 146 Å². The fourth-order valence-corrected chi connectivity index (χ4v) is 10.4. The number of unbranched alkanes of at least 4 members (excludes halogenated alkanes) is 28. The molecule has 0 saturated carbocycles. The van der Waals surface area contributed by atoms with Gasteiger partial charge < -0.3 is 40.3 Å². The maximum atomic E-state index is 13.1. The number of amides is 1. The predicted molar refractivity (Wildman–Crippen MR) is 373 cm³/mol. The first kappa shape index (κ1) is 81.1. The molecule has 1 rings (SSSR count). The number of aliphatic hydroxyl groups excluding tert-OH is 5. The van der Waals surface area contributed by atoms with Crippen LogP contribution in [0.15, 0.2) is 146 Å². The minimum absolute atomic E-state index is 0.191. The predicted octanol–water partition coefficient (Wildman–Crippen LogP) is 19.7. The van der Waals surface area contributed by atoms with Gasteiger partial charge in [0.2, 0.25) is 5.91 Å². The Morgan fingerprint density at radius 2 is 0.713 bits per heavy atom. The fraction of sp³-hybridized carbons (Fsp3) is 0.679. The number of aliphatic hydroxyl groups is 5. The van der Waals surface area contributed by atoms with E-state index in [-0.39, 0.29) is 12.5 Å². The first-order chi connectivity index (χ1) is 42.8. The van der Waals surface area contributed by atoms with E-state index in [0.717, 1.165) is 122 Å². The molecule has 1 aliphatic heterocycles. The zero-order chi connectivity index (χ0) is 62.8. The minimum Gasteiger partial charge on any atom is -0.394 e. The van der Waals surface area contributed by atoms with E-state index in [1.165, 1.54) is 141 Å². The molecule has 7 unspecified atom stereocenters. The van der Waals surface area contributed by atoms with E-state index in [4.69, 9.17) is 9.47 Å². The van der Waals surface area contributed by atoms with Crippen LogP contribution < -0.4 is 5.32 Å². The van der Waals surface area contributed by atoms with E-state index in [2.05, 4.69) is 153 Å². The number of ether oxygens (including phenoxy) is 2. The number of nitrogens with one attached hydrogen (secondary N) is 1. The van der Waals surface area contributed by atoms with Crippen LogP contribution in [0.1, 0.15) is 284 Å². The van der Waals surface area contributed by atoms with Crippen LogP contribution in [0.4, 0.5) is 0 Å². The number of rotatable bonds is 60. The van der Waals surface area contributed by atoms with Crippen LogP contribution in [0.5, 0.6) is 0 Å². The molecule has 9 heteroatoms. The molecule has 0 bridgehead atoms. The third kappa shape index (κ3) is 53.6. The van der Waals surface area contributed by atoms with Gasteiger partial charge in [-0.05, 0) is 103 Å². The van der Waals surface area contributed by atoms with E-state index in [1.54, 1.807) is 6.08 Å². The lowest BCUT2D eigenvalue weighted by atomic mass is 9.99. The molecule has 496 valence electrons. The second kappa shape index (κ2) is 65.0. The zero-order valence-corrected chi connectivity index (χ0v) is 55.5. The molecular formula is C78H131NO8. The van der Waals surface area contributed by atoms with Gasteiger partial charge in [-0.3, -0.25) is 4.79 Å². The molecule has 87 heavy (non-hydrogen) atoms. The molecule has 0 aliphatic carbocycles. The summed E-state index contributed by atoms with van der Waals surface area (Å²) in [6, 6.07) is -0.823. The molecular weight excluding hydrogens is 1080 g/mol. The highest BCUT2D eigenvalue weighted by Gasteiger charge is 2.44. The van der Waals surface area contributed by atoms with Crippen molar-refractivity contribution >= 4 is 5.91 Å². The monoisotopic (exact) mass is 1210 g/mol. The zero-order valence-electron chi connectivity index (χ0n) is 55.5. The molecule has 9 nitrogen and oxygen atoms in total. The quantitative estimate of drug-likeness (QED) is 0.0261. The van der Waals surface area contributed by atoms with E-state index < -0.39 is 49.5 Å². The molecule has 1 heterocycles. The highest BCUT2D eigenvalue weighted by Crippen LogP contribution is 2.23. The fourth-order valence-electron chi connectivity index (χ4n) is 10.4. The summed E-state index contributed by atoms with van der Waals surface area (Å²) in [6.07, 6.45) is 93.6. The Kier molecular flexibility index (Phi) is 60.6. The van der Waals surface area contributed by atoms with Gasteiger partial charge in [0.1, 0.15) is 24.4 Å². The lowest BCUT2D eigenvalue weighted by Gasteiger charge is -2.40. The lowest BCUT2D eigenvalue weighted by molar-refractivity contribution is -0.302. The largest absolute Gasteiger partial charge is 0.394 e. The topological polar surface area (TPSA) is 149 Å². The van der Waals surface area contributed by atoms with Crippen molar-refractivity contribution in [2.45, 2.75) is 326 Å². The molecule has 1 amide bonds. The Bertz CT molecular complexity index is 1890. The first-order valence-corrected chi connectivity index (χ1v) is 35.6. The number of hydrogen-bond acceptors (Lipinski definition) is 8. The molecule has 7 atom stereocenters. The van der Waals surface area contributed by atoms with Crippen LogP contribution >= 0.6 is 0 Å². The summed E-state index contributed by atoms with van der Waals surface area (Å²) < 4.78 is 11.3. The molecule has 6 N–H and O–H groups in total. The number of carbonyl (C=O) groups is 1. The van der Waals surface area contributed by atoms with Crippen molar-refractivity contribution in [3.63, 3.8) is 0 Å². The van der Waals surface area contributed by atoms with Gasteiger partial charge in [-0.2, -0.15) is 0 Å². The highest BCUT2D eigenvalue weighted by molar-refractivity contribution is 5.76. The second-order valence-electron chi connectivity index (χ2n) is 23.9. The second-order valence-corrected chi connectivity index (χ2v) is 23.9. The third-order valence-electron chi connectivity index (χ3n) is 15.9. The molecule has 0 aromatic rings. The molecule has 0 radical (unpaired) electrons. The van der Waals surface area contributed by atoms with E-state index >= 15 is 0 Å². The van der Waals surface area contributed by atoms with E-state index in [9.17, 15) is 30.3 Å². The van der Waals surface area contributed by atoms with Crippen molar-refractivity contribution in [2.24, 2.45) is 0 Å². The minimum atomic E-state index is -1.58. The Hall–Kier alpha value is -3.93. The van der Waals surface area contributed by atoms with Gasteiger partial charge in [-0.1, -0.05) is 320 Å². The normalized spacial score (nSPS) is 18.9. The average Bonchev–Trinajstić information content (AvgIpc) is 3.47. The van der Waals surface area contributed by atoms with Gasteiger partial charge in [0.15, 0.2) is 6.29 Å². The maximum Gasteiger partial charge on any atom is 0.220 e. The van der Waals surface area contributed by atoms with Gasteiger partial charge in [0.25, 0.3) is 0 Å². The van der Waals surface area contributed by atoms with E-state index in [0.29, 0.717) is 6.42 Å². The summed E-state index contributed by atoms with van der Waals surface area (Å²) in [4.78, 5) is 13.1. The molecule has 1 aliphatic rings. The average molecular weight is 1210 g/mol. The third-order valence-corrected chi connectivity index (χ3v) is 15.9. The van der Waals surface area contributed by atoms with Gasteiger partial charge in [0, 0.05) is 6.42 Å². The van der Waals surface area contributed by atoms with Gasteiger partial charge >= 0.3 is 0 Å². The van der Waals surface area contributed by atoms with Crippen LogP contribution in [0.25, 0.3) is 0 Å². The summed E-state index contributed by atoms with van der Waals surface area (Å²) in [5.74, 6) is -0.191. The molecule has 0 aromatic heterocycles. The van der Waals surface area contributed by atoms with Crippen molar-refractivity contribution in [1.29, 1.82) is 0 Å². The van der Waals surface area contributed by atoms with Crippen molar-refractivity contribution in [3.8, 4) is 0 Å².